The highest BCUT2D eigenvalue weighted by Gasteiger charge is 2.34. The van der Waals surface area contributed by atoms with E-state index < -0.39 is 63.7 Å². The number of carbonyl (C=O) groups is 3. The quantitative estimate of drug-likeness (QED) is 0.106. The van der Waals surface area contributed by atoms with Gasteiger partial charge < -0.3 is 29.7 Å². The molecule has 170 valence electrons. The molecule has 6 unspecified atom stereocenters. The number of hydrogen-bond donors (Lipinski definition) is 3. The molecular weight excluding hydrogens is 419 g/mol. The summed E-state index contributed by atoms with van der Waals surface area (Å²) in [5.41, 5.74) is 0. The van der Waals surface area contributed by atoms with Crippen molar-refractivity contribution in [2.24, 2.45) is 17.8 Å². The summed E-state index contributed by atoms with van der Waals surface area (Å²) in [5, 5.41) is 28.8. The van der Waals surface area contributed by atoms with E-state index in [1.807, 2.05) is 0 Å². The van der Waals surface area contributed by atoms with Crippen LogP contribution < -0.4 is 0 Å². The van der Waals surface area contributed by atoms with E-state index in [9.17, 15) is 34.3 Å². The molecule has 0 radical (unpaired) electrons. The molecule has 29 heavy (non-hydrogen) atoms. The van der Waals surface area contributed by atoms with Gasteiger partial charge in [0.25, 0.3) is 0 Å². The van der Waals surface area contributed by atoms with Gasteiger partial charge in [0.1, 0.15) is 38.7 Å². The molecule has 0 rings (SSSR count). The number of phosphoric acid groups is 1. The standard InChI is InChI=1S/C15H27O13P/c1-10(4-16)13(19)7-23-26-29(22,27-24-8-14(20)11(2)5-17)28-25-9-15(21)12(3)6-18/h4-6,10-15,19-21H,7-9H2,1-3H3. The average Bonchev–Trinajstić information content (AvgIpc) is 2.71. The number of aldehydes is 3. The average molecular weight is 446 g/mol. The summed E-state index contributed by atoms with van der Waals surface area (Å²) < 4.78 is 25.6. The van der Waals surface area contributed by atoms with Crippen molar-refractivity contribution in [3.63, 3.8) is 0 Å². The molecule has 3 N–H and O–H groups in total. The molecule has 0 aliphatic rings. The van der Waals surface area contributed by atoms with Crippen molar-refractivity contribution < 1.29 is 63.0 Å². The SMILES string of the molecule is CC(C=O)C(O)COOP(=O)(OOCC(O)C(C)C=O)OOCC(O)C(C)C=O. The lowest BCUT2D eigenvalue weighted by Crippen LogP contribution is -2.26. The maximum atomic E-state index is 12.4. The number of rotatable bonds is 18. The molecule has 0 aromatic heterocycles. The summed E-state index contributed by atoms with van der Waals surface area (Å²) in [6.45, 7) is 2.37. The predicted octanol–water partition coefficient (Wildman–Crippen LogP) is -0.473. The van der Waals surface area contributed by atoms with Gasteiger partial charge in [-0.15, -0.1) is 14.0 Å². The summed E-state index contributed by atoms with van der Waals surface area (Å²) >= 11 is 0. The lowest BCUT2D eigenvalue weighted by atomic mass is 10.1. The van der Waals surface area contributed by atoms with Crippen LogP contribution in [0.25, 0.3) is 0 Å². The minimum Gasteiger partial charge on any atom is -0.390 e. The highest BCUT2D eigenvalue weighted by Crippen LogP contribution is 2.50. The van der Waals surface area contributed by atoms with Crippen molar-refractivity contribution in [3.8, 4) is 0 Å². The van der Waals surface area contributed by atoms with Crippen LogP contribution in [0.2, 0.25) is 0 Å². The van der Waals surface area contributed by atoms with Crippen molar-refractivity contribution in [1.29, 1.82) is 0 Å². The van der Waals surface area contributed by atoms with Gasteiger partial charge >= 0.3 is 7.82 Å². The molecule has 6 atom stereocenters. The van der Waals surface area contributed by atoms with Crippen molar-refractivity contribution in [2.45, 2.75) is 39.1 Å². The molecule has 0 aliphatic heterocycles. The number of hydrogen-bond acceptors (Lipinski definition) is 13. The van der Waals surface area contributed by atoms with E-state index in [0.29, 0.717) is 18.9 Å². The van der Waals surface area contributed by atoms with E-state index in [1.165, 1.54) is 20.8 Å². The minimum atomic E-state index is -4.77. The second-order valence-electron chi connectivity index (χ2n) is 6.21. The van der Waals surface area contributed by atoms with Crippen molar-refractivity contribution in [2.75, 3.05) is 19.8 Å². The van der Waals surface area contributed by atoms with Crippen molar-refractivity contribution >= 4 is 26.7 Å². The van der Waals surface area contributed by atoms with Gasteiger partial charge in [-0.3, -0.25) is 0 Å². The molecule has 0 amide bonds. The Labute approximate surface area is 167 Å². The summed E-state index contributed by atoms with van der Waals surface area (Å²) in [4.78, 5) is 45.3. The van der Waals surface area contributed by atoms with Crippen molar-refractivity contribution in [3.05, 3.63) is 0 Å². The smallest absolute Gasteiger partial charge is 0.390 e. The van der Waals surface area contributed by atoms with Gasteiger partial charge in [-0.05, 0) is 0 Å². The molecule has 13 nitrogen and oxygen atoms in total. The van der Waals surface area contributed by atoms with Crippen LogP contribution in [-0.4, -0.2) is 72.3 Å². The van der Waals surface area contributed by atoms with E-state index in [4.69, 9.17) is 0 Å². The van der Waals surface area contributed by atoms with Crippen LogP contribution in [-0.2, 0) is 47.6 Å². The second kappa shape index (κ2) is 14.8. The Morgan fingerprint density at radius 3 is 1.10 bits per heavy atom. The third-order valence-corrected chi connectivity index (χ3v) is 4.48. The summed E-state index contributed by atoms with van der Waals surface area (Å²) in [7, 11) is -4.77. The molecule has 0 aromatic carbocycles. The molecule has 0 heterocycles. The van der Waals surface area contributed by atoms with Crippen LogP contribution >= 0.6 is 7.82 Å². The minimum absolute atomic E-state index is 0.456. The monoisotopic (exact) mass is 446 g/mol. The molecule has 0 bridgehead atoms. The van der Waals surface area contributed by atoms with Gasteiger partial charge in [0.2, 0.25) is 0 Å². The third-order valence-electron chi connectivity index (χ3n) is 3.61. The normalized spacial score (nSPS) is 19.9. The zero-order chi connectivity index (χ0) is 22.4. The van der Waals surface area contributed by atoms with Gasteiger partial charge in [-0.1, -0.05) is 20.8 Å². The molecule has 0 saturated heterocycles. The van der Waals surface area contributed by atoms with Gasteiger partial charge in [0.05, 0.1) is 18.3 Å². The van der Waals surface area contributed by atoms with Crippen LogP contribution in [0, 0.1) is 17.8 Å². The van der Waals surface area contributed by atoms with E-state index in [2.05, 4.69) is 28.7 Å². The lowest BCUT2D eigenvalue weighted by molar-refractivity contribution is -0.335. The van der Waals surface area contributed by atoms with Crippen LogP contribution in [0.15, 0.2) is 0 Å². The predicted molar refractivity (Wildman–Crippen MR) is 92.4 cm³/mol. The molecular formula is C15H27O13P. The number of aliphatic hydroxyl groups is 3. The summed E-state index contributed by atoms with van der Waals surface area (Å²) in [6, 6.07) is 0. The zero-order valence-electron chi connectivity index (χ0n) is 16.2. The molecule has 0 aromatic rings. The Hall–Kier alpha value is -1.12. The molecule has 0 fully saturated rings. The Balaban J connectivity index is 4.74. The Bertz CT molecular complexity index is 459. The van der Waals surface area contributed by atoms with Crippen molar-refractivity contribution in [1.82, 2.24) is 0 Å². The highest BCUT2D eigenvalue weighted by molar-refractivity contribution is 7.48. The first-order valence-electron chi connectivity index (χ1n) is 8.53. The third kappa shape index (κ3) is 11.6. The first kappa shape index (κ1) is 27.9. The van der Waals surface area contributed by atoms with E-state index in [1.54, 1.807) is 0 Å². The lowest BCUT2D eigenvalue weighted by Gasteiger charge is -2.19. The van der Waals surface area contributed by atoms with Gasteiger partial charge in [0.15, 0.2) is 0 Å². The highest BCUT2D eigenvalue weighted by atomic mass is 31.2. The second-order valence-corrected chi connectivity index (χ2v) is 7.55. The van der Waals surface area contributed by atoms with E-state index in [0.717, 1.165) is 0 Å². The van der Waals surface area contributed by atoms with Gasteiger partial charge in [-0.2, -0.15) is 0 Å². The number of aliphatic hydroxyl groups excluding tert-OH is 3. The maximum absolute atomic E-state index is 12.4. The summed E-state index contributed by atoms with van der Waals surface area (Å²) in [5.74, 6) is -2.44. The topological polar surface area (TPSA) is 184 Å². The fourth-order valence-electron chi connectivity index (χ4n) is 1.26. The van der Waals surface area contributed by atoms with Gasteiger partial charge in [-0.25, -0.2) is 19.2 Å². The summed E-state index contributed by atoms with van der Waals surface area (Å²) in [6.07, 6.45) is -2.52. The first-order valence-corrected chi connectivity index (χ1v) is 10.00. The van der Waals surface area contributed by atoms with Crippen LogP contribution in [0.5, 0.6) is 0 Å². The molecule has 0 aliphatic carbocycles. The fourth-order valence-corrected chi connectivity index (χ4v) is 1.90. The Kier molecular flexibility index (Phi) is 14.2. The van der Waals surface area contributed by atoms with Crippen LogP contribution in [0.1, 0.15) is 20.8 Å². The zero-order valence-corrected chi connectivity index (χ0v) is 17.1. The van der Waals surface area contributed by atoms with E-state index in [-0.39, 0.29) is 0 Å². The maximum Gasteiger partial charge on any atom is 0.556 e. The largest absolute Gasteiger partial charge is 0.556 e. The first-order chi connectivity index (χ1) is 13.6. The molecule has 0 saturated carbocycles. The van der Waals surface area contributed by atoms with E-state index >= 15 is 0 Å². The molecule has 0 spiro atoms. The molecule has 14 heteroatoms. The van der Waals surface area contributed by atoms with Gasteiger partial charge in [0, 0.05) is 17.8 Å². The number of carbonyl (C=O) groups excluding carboxylic acids is 3. The Morgan fingerprint density at radius 2 is 0.897 bits per heavy atom. The van der Waals surface area contributed by atoms with Crippen LogP contribution in [0.3, 0.4) is 0 Å². The van der Waals surface area contributed by atoms with Crippen LogP contribution in [0.4, 0.5) is 0 Å². The Morgan fingerprint density at radius 1 is 0.655 bits per heavy atom. The fraction of sp³-hybridized carbons (Fsp3) is 0.800.